The third-order valence-electron chi connectivity index (χ3n) is 1.55. The van der Waals surface area contributed by atoms with Crippen LogP contribution in [0.25, 0.3) is 0 Å². The van der Waals surface area contributed by atoms with Gasteiger partial charge in [0, 0.05) is 6.04 Å². The summed E-state index contributed by atoms with van der Waals surface area (Å²) >= 11 is 4.17. The molecule has 0 spiro atoms. The summed E-state index contributed by atoms with van der Waals surface area (Å²) in [6.07, 6.45) is 0. The molecule has 1 atom stereocenters. The lowest BCUT2D eigenvalue weighted by atomic mass is 10.1. The third kappa shape index (κ3) is 2.58. The Morgan fingerprint density at radius 3 is 1.62 bits per heavy atom. The first-order valence-electron chi connectivity index (χ1n) is 2.97. The number of hydrogen-bond donors (Lipinski definition) is 1. The van der Waals surface area contributed by atoms with E-state index in [1.165, 1.54) is 0 Å². The summed E-state index contributed by atoms with van der Waals surface area (Å²) in [7, 11) is 1.98. The van der Waals surface area contributed by atoms with E-state index < -0.39 is 0 Å². The Labute approximate surface area is 57.6 Å². The lowest BCUT2D eigenvalue weighted by Gasteiger charge is -2.21. The van der Waals surface area contributed by atoms with Crippen LogP contribution in [0.1, 0.15) is 20.8 Å². The number of rotatable bonds is 2. The van der Waals surface area contributed by atoms with Crippen molar-refractivity contribution in [1.29, 1.82) is 0 Å². The van der Waals surface area contributed by atoms with Crippen molar-refractivity contribution >= 4 is 12.8 Å². The van der Waals surface area contributed by atoms with Crippen LogP contribution in [-0.4, -0.2) is 17.4 Å². The van der Waals surface area contributed by atoms with Gasteiger partial charge in [0.15, 0.2) is 0 Å². The highest BCUT2D eigenvalue weighted by Gasteiger charge is 2.08. The molecule has 0 aromatic rings. The second kappa shape index (κ2) is 3.36. The number of hydrogen-bond acceptors (Lipinski definition) is 2. The zero-order chi connectivity index (χ0) is 6.73. The summed E-state index contributed by atoms with van der Waals surface area (Å²) in [6, 6.07) is 0.568. The van der Waals surface area contributed by atoms with Crippen molar-refractivity contribution in [2.45, 2.75) is 26.8 Å². The van der Waals surface area contributed by atoms with Crippen LogP contribution in [0, 0.1) is 5.92 Å². The molecule has 0 amide bonds. The first-order chi connectivity index (χ1) is 3.55. The Morgan fingerprint density at radius 1 is 1.25 bits per heavy atom. The summed E-state index contributed by atoms with van der Waals surface area (Å²) in [4.78, 5) is 0. The minimum absolute atomic E-state index is 0.568. The second-order valence-corrected chi connectivity index (χ2v) is 3.19. The zero-order valence-electron chi connectivity index (χ0n) is 6.05. The van der Waals surface area contributed by atoms with Gasteiger partial charge in [0.25, 0.3) is 0 Å². The molecule has 8 heavy (non-hydrogen) atoms. The molecular weight excluding hydrogens is 118 g/mol. The molecule has 0 saturated carbocycles. The molecule has 1 nitrogen and oxygen atoms in total. The minimum atomic E-state index is 0.568. The molecule has 0 unspecified atom stereocenters. The standard InChI is InChI=1S/C6H15NS/c1-5(2)6(3)7(4)8/h5-6,8H,1-4H3/t6-/m0/s1. The Hall–Kier alpha value is 0.310. The Balaban J connectivity index is 3.46. The van der Waals surface area contributed by atoms with Crippen molar-refractivity contribution in [3.05, 3.63) is 0 Å². The molecule has 0 heterocycles. The summed E-state index contributed by atoms with van der Waals surface area (Å²) in [5.41, 5.74) is 0. The second-order valence-electron chi connectivity index (χ2n) is 2.56. The summed E-state index contributed by atoms with van der Waals surface area (Å²) < 4.78 is 1.94. The largest absolute Gasteiger partial charge is 0.253 e. The smallest absolute Gasteiger partial charge is 0.0191 e. The maximum Gasteiger partial charge on any atom is 0.0191 e. The van der Waals surface area contributed by atoms with Crippen LogP contribution in [0.5, 0.6) is 0 Å². The maximum absolute atomic E-state index is 4.17. The van der Waals surface area contributed by atoms with Crippen molar-refractivity contribution in [1.82, 2.24) is 4.31 Å². The maximum atomic E-state index is 4.17. The van der Waals surface area contributed by atoms with Crippen LogP contribution in [0.2, 0.25) is 0 Å². The van der Waals surface area contributed by atoms with E-state index in [-0.39, 0.29) is 0 Å². The van der Waals surface area contributed by atoms with E-state index >= 15 is 0 Å². The van der Waals surface area contributed by atoms with E-state index in [4.69, 9.17) is 0 Å². The van der Waals surface area contributed by atoms with Crippen LogP contribution in [-0.2, 0) is 0 Å². The van der Waals surface area contributed by atoms with Gasteiger partial charge in [-0.05, 0) is 19.9 Å². The molecule has 0 aromatic heterocycles. The van der Waals surface area contributed by atoms with Gasteiger partial charge in [-0.2, -0.15) is 0 Å². The van der Waals surface area contributed by atoms with E-state index in [0.29, 0.717) is 12.0 Å². The minimum Gasteiger partial charge on any atom is -0.253 e. The first-order valence-corrected chi connectivity index (χ1v) is 3.37. The highest BCUT2D eigenvalue weighted by molar-refractivity contribution is 7.77. The van der Waals surface area contributed by atoms with E-state index in [1.54, 1.807) is 0 Å². The van der Waals surface area contributed by atoms with Gasteiger partial charge in [-0.3, -0.25) is 4.31 Å². The molecule has 0 fully saturated rings. The molecule has 0 N–H and O–H groups in total. The molecule has 50 valence electrons. The van der Waals surface area contributed by atoms with E-state index in [1.807, 2.05) is 11.4 Å². The van der Waals surface area contributed by atoms with Gasteiger partial charge in [0.1, 0.15) is 0 Å². The van der Waals surface area contributed by atoms with Crippen molar-refractivity contribution in [2.75, 3.05) is 7.05 Å². The average molecular weight is 133 g/mol. The normalized spacial score (nSPS) is 15.4. The highest BCUT2D eigenvalue weighted by Crippen LogP contribution is 2.08. The predicted molar refractivity (Wildman–Crippen MR) is 41.0 cm³/mol. The van der Waals surface area contributed by atoms with Gasteiger partial charge in [-0.1, -0.05) is 26.7 Å². The lowest BCUT2D eigenvalue weighted by molar-refractivity contribution is 0.346. The van der Waals surface area contributed by atoms with Gasteiger partial charge in [0.2, 0.25) is 0 Å². The van der Waals surface area contributed by atoms with Crippen LogP contribution in [0.4, 0.5) is 0 Å². The summed E-state index contributed by atoms with van der Waals surface area (Å²) in [5, 5.41) is 0. The molecule has 0 aliphatic heterocycles. The van der Waals surface area contributed by atoms with Crippen LogP contribution < -0.4 is 0 Å². The molecular formula is C6H15NS. The van der Waals surface area contributed by atoms with Crippen molar-refractivity contribution in [2.24, 2.45) is 5.92 Å². The van der Waals surface area contributed by atoms with E-state index in [2.05, 4.69) is 33.6 Å². The molecule has 0 radical (unpaired) electrons. The molecule has 0 bridgehead atoms. The fourth-order valence-corrected chi connectivity index (χ4v) is 0.698. The van der Waals surface area contributed by atoms with Crippen LogP contribution in [0.15, 0.2) is 0 Å². The van der Waals surface area contributed by atoms with E-state index in [0.717, 1.165) is 0 Å². The molecule has 0 aliphatic carbocycles. The van der Waals surface area contributed by atoms with Crippen molar-refractivity contribution in [3.63, 3.8) is 0 Å². The van der Waals surface area contributed by atoms with Gasteiger partial charge in [-0.25, -0.2) is 0 Å². The highest BCUT2D eigenvalue weighted by atomic mass is 32.1. The summed E-state index contributed by atoms with van der Waals surface area (Å²) in [5.74, 6) is 0.692. The number of thiol groups is 1. The SMILES string of the molecule is CC(C)[C@H](C)N(C)S. The van der Waals surface area contributed by atoms with Crippen LogP contribution in [0.3, 0.4) is 0 Å². The van der Waals surface area contributed by atoms with Gasteiger partial charge in [-0.15, -0.1) is 0 Å². The summed E-state index contributed by atoms with van der Waals surface area (Å²) in [6.45, 7) is 6.55. The molecule has 2 heteroatoms. The molecule has 0 saturated heterocycles. The van der Waals surface area contributed by atoms with E-state index in [9.17, 15) is 0 Å². The van der Waals surface area contributed by atoms with Crippen LogP contribution >= 0.6 is 12.8 Å². The average Bonchev–Trinajstić information content (AvgIpc) is 1.64. The predicted octanol–water partition coefficient (Wildman–Crippen LogP) is 1.81. The van der Waals surface area contributed by atoms with Gasteiger partial charge < -0.3 is 0 Å². The monoisotopic (exact) mass is 133 g/mol. The molecule has 0 aliphatic rings. The zero-order valence-corrected chi connectivity index (χ0v) is 6.94. The van der Waals surface area contributed by atoms with Crippen molar-refractivity contribution in [3.8, 4) is 0 Å². The molecule has 0 aromatic carbocycles. The quantitative estimate of drug-likeness (QED) is 0.562. The lowest BCUT2D eigenvalue weighted by Crippen LogP contribution is -2.25. The molecule has 0 rings (SSSR count). The topological polar surface area (TPSA) is 3.24 Å². The Bertz CT molecular complexity index is 53.5. The third-order valence-corrected chi connectivity index (χ3v) is 1.92. The fraction of sp³-hybridized carbons (Fsp3) is 1.00. The first kappa shape index (κ1) is 8.31. The number of nitrogens with zero attached hydrogens (tertiary/aromatic N) is 1. The fourth-order valence-electron chi connectivity index (χ4n) is 0.431. The van der Waals surface area contributed by atoms with Crippen molar-refractivity contribution < 1.29 is 0 Å². The van der Waals surface area contributed by atoms with Gasteiger partial charge >= 0.3 is 0 Å². The van der Waals surface area contributed by atoms with Gasteiger partial charge in [0.05, 0.1) is 0 Å². The Kier molecular flexibility index (Phi) is 3.49. The Morgan fingerprint density at radius 2 is 1.62 bits per heavy atom.